The van der Waals surface area contributed by atoms with Gasteiger partial charge in [-0.3, -0.25) is 14.4 Å². The summed E-state index contributed by atoms with van der Waals surface area (Å²) in [5, 5.41) is 0.461. The molecule has 100 valence electrons. The SMILES string of the molecule is CCC(CC)C(=O)CC(=O)ON1C(=O)CCC1=O. The molecule has 1 heterocycles. The topological polar surface area (TPSA) is 80.8 Å². The van der Waals surface area contributed by atoms with Crippen molar-refractivity contribution in [1.29, 1.82) is 0 Å². The third-order valence-electron chi connectivity index (χ3n) is 2.96. The fourth-order valence-corrected chi connectivity index (χ4v) is 1.82. The van der Waals surface area contributed by atoms with Crippen molar-refractivity contribution in [3.63, 3.8) is 0 Å². The molecule has 1 saturated heterocycles. The van der Waals surface area contributed by atoms with Gasteiger partial charge >= 0.3 is 5.97 Å². The van der Waals surface area contributed by atoms with Gasteiger partial charge in [0.15, 0.2) is 0 Å². The molecule has 1 rings (SSSR count). The van der Waals surface area contributed by atoms with E-state index in [4.69, 9.17) is 0 Å². The van der Waals surface area contributed by atoms with Crippen molar-refractivity contribution >= 4 is 23.6 Å². The number of hydroxylamine groups is 2. The Morgan fingerprint density at radius 3 is 2.11 bits per heavy atom. The van der Waals surface area contributed by atoms with Crippen LogP contribution >= 0.6 is 0 Å². The molecule has 0 unspecified atom stereocenters. The molecule has 1 aliphatic rings. The Bertz CT molecular complexity index is 357. The second kappa shape index (κ2) is 6.28. The van der Waals surface area contributed by atoms with E-state index in [0.717, 1.165) is 0 Å². The minimum Gasteiger partial charge on any atom is -0.330 e. The Morgan fingerprint density at radius 1 is 1.17 bits per heavy atom. The molecule has 0 bridgehead atoms. The number of imide groups is 1. The van der Waals surface area contributed by atoms with Crippen LogP contribution in [0, 0.1) is 5.92 Å². The molecule has 1 aliphatic heterocycles. The predicted molar refractivity (Wildman–Crippen MR) is 60.9 cm³/mol. The number of nitrogens with zero attached hydrogens (tertiary/aromatic N) is 1. The maximum absolute atomic E-state index is 11.7. The number of carbonyl (C=O) groups excluding carboxylic acids is 4. The normalized spacial score (nSPS) is 15.4. The lowest BCUT2D eigenvalue weighted by atomic mass is 9.96. The van der Waals surface area contributed by atoms with Gasteiger partial charge in [0, 0.05) is 18.8 Å². The minimum absolute atomic E-state index is 0.0482. The highest BCUT2D eigenvalue weighted by atomic mass is 16.7. The third kappa shape index (κ3) is 3.38. The molecule has 6 nitrogen and oxygen atoms in total. The summed E-state index contributed by atoms with van der Waals surface area (Å²) < 4.78 is 0. The maximum atomic E-state index is 11.7. The maximum Gasteiger partial charge on any atom is 0.340 e. The van der Waals surface area contributed by atoms with Crippen molar-refractivity contribution in [3.8, 4) is 0 Å². The number of amides is 2. The molecule has 1 fully saturated rings. The van der Waals surface area contributed by atoms with E-state index in [1.54, 1.807) is 0 Å². The molecule has 0 aromatic carbocycles. The predicted octanol–water partition coefficient (Wildman–Crippen LogP) is 0.989. The Hall–Kier alpha value is -1.72. The summed E-state index contributed by atoms with van der Waals surface area (Å²) in [4.78, 5) is 50.1. The van der Waals surface area contributed by atoms with Gasteiger partial charge in [-0.2, -0.15) is 0 Å². The summed E-state index contributed by atoms with van der Waals surface area (Å²) in [6.07, 6.45) is 1.01. The zero-order valence-electron chi connectivity index (χ0n) is 10.6. The molecule has 6 heteroatoms. The van der Waals surface area contributed by atoms with Crippen molar-refractivity contribution in [2.45, 2.75) is 46.0 Å². The summed E-state index contributed by atoms with van der Waals surface area (Å²) in [5.41, 5.74) is 0. The van der Waals surface area contributed by atoms with Crippen molar-refractivity contribution < 1.29 is 24.0 Å². The summed E-state index contributed by atoms with van der Waals surface area (Å²) in [6, 6.07) is 0. The smallest absolute Gasteiger partial charge is 0.330 e. The van der Waals surface area contributed by atoms with Crippen LogP contribution in [0.4, 0.5) is 0 Å². The highest BCUT2D eigenvalue weighted by Gasteiger charge is 2.33. The van der Waals surface area contributed by atoms with Crippen LogP contribution in [0.2, 0.25) is 0 Å². The molecule has 0 aliphatic carbocycles. The van der Waals surface area contributed by atoms with E-state index >= 15 is 0 Å². The van der Waals surface area contributed by atoms with Crippen LogP contribution in [0.1, 0.15) is 46.0 Å². The van der Waals surface area contributed by atoms with E-state index < -0.39 is 24.2 Å². The van der Waals surface area contributed by atoms with Crippen molar-refractivity contribution in [2.24, 2.45) is 5.92 Å². The van der Waals surface area contributed by atoms with Crippen molar-refractivity contribution in [1.82, 2.24) is 5.06 Å². The summed E-state index contributed by atoms with van der Waals surface area (Å²) in [6.45, 7) is 3.73. The quantitative estimate of drug-likeness (QED) is 0.522. The molecule has 18 heavy (non-hydrogen) atoms. The van der Waals surface area contributed by atoms with E-state index in [1.807, 2.05) is 13.8 Å². The number of hydrogen-bond acceptors (Lipinski definition) is 5. The standard InChI is InChI=1S/C12H17NO5/c1-3-8(4-2)9(14)7-12(17)18-13-10(15)5-6-11(13)16/h8H,3-7H2,1-2H3. The van der Waals surface area contributed by atoms with Gasteiger partial charge in [-0.1, -0.05) is 13.8 Å². The minimum atomic E-state index is -0.851. The van der Waals surface area contributed by atoms with Crippen LogP contribution in [0.25, 0.3) is 0 Å². The average Bonchev–Trinajstić information content (AvgIpc) is 2.62. The van der Waals surface area contributed by atoms with Crippen molar-refractivity contribution in [2.75, 3.05) is 0 Å². The highest BCUT2D eigenvalue weighted by molar-refractivity contribution is 6.03. The van der Waals surface area contributed by atoms with Gasteiger partial charge in [0.05, 0.1) is 0 Å². The number of Topliss-reactive ketones (excluding diaryl/α,β-unsaturated/α-hetero) is 1. The van der Waals surface area contributed by atoms with E-state index in [9.17, 15) is 19.2 Å². The summed E-state index contributed by atoms with van der Waals surface area (Å²) in [7, 11) is 0. The van der Waals surface area contributed by atoms with E-state index in [0.29, 0.717) is 17.9 Å². The third-order valence-corrected chi connectivity index (χ3v) is 2.96. The average molecular weight is 255 g/mol. The molecule has 0 radical (unpaired) electrons. The van der Waals surface area contributed by atoms with Gasteiger partial charge in [-0.25, -0.2) is 4.79 Å². The number of ketones is 1. The molecular formula is C12H17NO5. The first-order valence-corrected chi connectivity index (χ1v) is 6.08. The largest absolute Gasteiger partial charge is 0.340 e. The molecule has 0 N–H and O–H groups in total. The fourth-order valence-electron chi connectivity index (χ4n) is 1.82. The van der Waals surface area contributed by atoms with Crippen LogP contribution in [0.5, 0.6) is 0 Å². The van der Waals surface area contributed by atoms with E-state index in [-0.39, 0.29) is 24.5 Å². The highest BCUT2D eigenvalue weighted by Crippen LogP contribution is 2.15. The van der Waals surface area contributed by atoms with Gasteiger partial charge in [0.2, 0.25) is 0 Å². The number of rotatable bonds is 6. The Kier molecular flexibility index (Phi) is 5.00. The summed E-state index contributed by atoms with van der Waals surface area (Å²) >= 11 is 0. The van der Waals surface area contributed by atoms with Crippen LogP contribution in [-0.4, -0.2) is 28.6 Å². The fraction of sp³-hybridized carbons (Fsp3) is 0.667. The van der Waals surface area contributed by atoms with Gasteiger partial charge in [0.1, 0.15) is 12.2 Å². The Balaban J connectivity index is 2.49. The Morgan fingerprint density at radius 2 is 1.67 bits per heavy atom. The number of hydrogen-bond donors (Lipinski definition) is 0. The van der Waals surface area contributed by atoms with E-state index in [2.05, 4.69) is 4.84 Å². The van der Waals surface area contributed by atoms with Gasteiger partial charge in [0.25, 0.3) is 11.8 Å². The monoisotopic (exact) mass is 255 g/mol. The second-order valence-electron chi connectivity index (χ2n) is 4.20. The molecule has 2 amide bonds. The molecule has 0 aromatic rings. The zero-order chi connectivity index (χ0) is 13.7. The van der Waals surface area contributed by atoms with Gasteiger partial charge in [-0.15, -0.1) is 5.06 Å². The van der Waals surface area contributed by atoms with Gasteiger partial charge in [-0.05, 0) is 12.8 Å². The first-order valence-electron chi connectivity index (χ1n) is 6.08. The second-order valence-corrected chi connectivity index (χ2v) is 4.20. The lowest BCUT2D eigenvalue weighted by Gasteiger charge is -2.14. The number of carbonyl (C=O) groups is 4. The zero-order valence-corrected chi connectivity index (χ0v) is 10.6. The van der Waals surface area contributed by atoms with Crippen LogP contribution in [0.3, 0.4) is 0 Å². The lowest BCUT2D eigenvalue weighted by Crippen LogP contribution is -2.33. The summed E-state index contributed by atoms with van der Waals surface area (Å²) in [5.74, 6) is -2.33. The molecule has 0 spiro atoms. The molecule has 0 aromatic heterocycles. The molecule has 0 saturated carbocycles. The van der Waals surface area contributed by atoms with Crippen LogP contribution in [-0.2, 0) is 24.0 Å². The first kappa shape index (κ1) is 14.3. The molecule has 0 atom stereocenters. The Labute approximate surface area is 105 Å². The van der Waals surface area contributed by atoms with Crippen LogP contribution < -0.4 is 0 Å². The van der Waals surface area contributed by atoms with Gasteiger partial charge < -0.3 is 4.84 Å². The lowest BCUT2D eigenvalue weighted by molar-refractivity contribution is -0.197. The molecular weight excluding hydrogens is 238 g/mol. The first-order chi connectivity index (χ1) is 8.49. The van der Waals surface area contributed by atoms with Crippen LogP contribution in [0.15, 0.2) is 0 Å². The van der Waals surface area contributed by atoms with E-state index in [1.165, 1.54) is 0 Å². The van der Waals surface area contributed by atoms with Crippen molar-refractivity contribution in [3.05, 3.63) is 0 Å².